The van der Waals surface area contributed by atoms with Gasteiger partial charge in [0.2, 0.25) is 5.91 Å². The topological polar surface area (TPSA) is 66.4 Å². The minimum Gasteiger partial charge on any atom is -0.481 e. The van der Waals surface area contributed by atoms with E-state index >= 15 is 4.39 Å². The predicted molar refractivity (Wildman–Crippen MR) is 113 cm³/mol. The van der Waals surface area contributed by atoms with Crippen LogP contribution in [0.4, 0.5) is 23.2 Å². The molecule has 2 aliphatic carbocycles. The third kappa shape index (κ3) is 5.12. The molecule has 0 heterocycles. The molecule has 1 unspecified atom stereocenters. The maximum atomic E-state index is 15.2. The van der Waals surface area contributed by atoms with Crippen molar-refractivity contribution in [2.75, 3.05) is 5.32 Å². The van der Waals surface area contributed by atoms with Gasteiger partial charge in [-0.1, -0.05) is 42.3 Å². The SMILES string of the molecule is C[C@H]([C@H](C(=O)Nc1ccc(Cl)c(CC2(C(=O)O)CC2)c1F)C1C=CC(Cl)=CC1)C(F)(F)F. The van der Waals surface area contributed by atoms with E-state index in [0.29, 0.717) is 17.9 Å². The van der Waals surface area contributed by atoms with E-state index in [1.165, 1.54) is 24.3 Å². The van der Waals surface area contributed by atoms with Crippen LogP contribution in [-0.2, 0) is 16.0 Å². The molecule has 1 aromatic carbocycles. The fourth-order valence-corrected chi connectivity index (χ4v) is 4.28. The number of nitrogens with one attached hydrogen (secondary N) is 1. The summed E-state index contributed by atoms with van der Waals surface area (Å²) in [6.07, 6.45) is 0.441. The number of aliphatic carboxylic acids is 1. The van der Waals surface area contributed by atoms with E-state index in [2.05, 4.69) is 5.32 Å². The first-order chi connectivity index (χ1) is 14.9. The van der Waals surface area contributed by atoms with Crippen molar-refractivity contribution >= 4 is 40.8 Å². The van der Waals surface area contributed by atoms with Gasteiger partial charge in [-0.05, 0) is 49.8 Å². The third-order valence-corrected chi connectivity index (χ3v) is 6.81. The van der Waals surface area contributed by atoms with Gasteiger partial charge in [-0.3, -0.25) is 9.59 Å². The van der Waals surface area contributed by atoms with Crippen molar-refractivity contribution in [3.63, 3.8) is 0 Å². The maximum absolute atomic E-state index is 15.2. The molecule has 32 heavy (non-hydrogen) atoms. The van der Waals surface area contributed by atoms with Gasteiger partial charge in [0, 0.05) is 15.6 Å². The molecule has 3 rings (SSSR count). The Morgan fingerprint density at radius 1 is 1.28 bits per heavy atom. The van der Waals surface area contributed by atoms with E-state index in [4.69, 9.17) is 23.2 Å². The molecule has 1 fully saturated rings. The van der Waals surface area contributed by atoms with Crippen molar-refractivity contribution in [3.8, 4) is 0 Å². The highest BCUT2D eigenvalue weighted by Gasteiger charge is 2.51. The Morgan fingerprint density at radius 3 is 2.44 bits per heavy atom. The average Bonchev–Trinajstić information content (AvgIpc) is 3.49. The summed E-state index contributed by atoms with van der Waals surface area (Å²) in [4.78, 5) is 24.4. The lowest BCUT2D eigenvalue weighted by Gasteiger charge is -2.31. The highest BCUT2D eigenvalue weighted by molar-refractivity contribution is 6.31. The van der Waals surface area contributed by atoms with E-state index in [1.54, 1.807) is 0 Å². The Kier molecular flexibility index (Phi) is 6.96. The first-order valence-electron chi connectivity index (χ1n) is 9.97. The fraction of sp³-hybridized carbons (Fsp3) is 0.455. The van der Waals surface area contributed by atoms with E-state index in [-0.39, 0.29) is 29.1 Å². The molecule has 1 amide bonds. The lowest BCUT2D eigenvalue weighted by molar-refractivity contribution is -0.188. The lowest BCUT2D eigenvalue weighted by atomic mass is 9.78. The number of benzene rings is 1. The van der Waals surface area contributed by atoms with Crippen LogP contribution >= 0.6 is 23.2 Å². The van der Waals surface area contributed by atoms with Gasteiger partial charge >= 0.3 is 12.1 Å². The number of carboxylic acid groups (broad SMARTS) is 1. The number of carbonyl (C=O) groups is 2. The smallest absolute Gasteiger partial charge is 0.392 e. The van der Waals surface area contributed by atoms with Crippen LogP contribution in [0.5, 0.6) is 0 Å². The van der Waals surface area contributed by atoms with E-state index < -0.39 is 47.0 Å². The summed E-state index contributed by atoms with van der Waals surface area (Å²) < 4.78 is 55.7. The molecule has 10 heteroatoms. The number of allylic oxidation sites excluding steroid dienone is 4. The normalized spacial score (nSPS) is 21.5. The van der Waals surface area contributed by atoms with Gasteiger partial charge in [0.1, 0.15) is 0 Å². The van der Waals surface area contributed by atoms with Crippen molar-refractivity contribution in [2.45, 2.75) is 38.8 Å². The van der Waals surface area contributed by atoms with Crippen LogP contribution in [0.3, 0.4) is 0 Å². The number of hydrogen-bond acceptors (Lipinski definition) is 2. The predicted octanol–water partition coefficient (Wildman–Crippen LogP) is 6.34. The monoisotopic (exact) mass is 493 g/mol. The Morgan fingerprint density at radius 2 is 1.94 bits per heavy atom. The summed E-state index contributed by atoms with van der Waals surface area (Å²) in [6.45, 7) is 0.908. The minimum atomic E-state index is -4.65. The Labute approximate surface area is 192 Å². The molecule has 1 aromatic rings. The van der Waals surface area contributed by atoms with Gasteiger partial charge in [0.05, 0.1) is 22.9 Å². The van der Waals surface area contributed by atoms with E-state index in [0.717, 1.165) is 13.0 Å². The third-order valence-electron chi connectivity index (χ3n) is 6.17. The maximum Gasteiger partial charge on any atom is 0.392 e. The molecule has 1 saturated carbocycles. The first kappa shape index (κ1) is 24.6. The van der Waals surface area contributed by atoms with E-state index in [1.807, 2.05) is 0 Å². The highest BCUT2D eigenvalue weighted by atomic mass is 35.5. The molecule has 4 nitrogen and oxygen atoms in total. The molecule has 0 saturated heterocycles. The number of carboxylic acids is 1. The summed E-state index contributed by atoms with van der Waals surface area (Å²) in [5.41, 5.74) is -1.54. The van der Waals surface area contributed by atoms with Gasteiger partial charge in [-0.15, -0.1) is 0 Å². The van der Waals surface area contributed by atoms with Crippen LogP contribution in [0.2, 0.25) is 5.02 Å². The number of halogens is 6. The zero-order valence-electron chi connectivity index (χ0n) is 17.0. The Balaban J connectivity index is 1.88. The highest BCUT2D eigenvalue weighted by Crippen LogP contribution is 2.50. The van der Waals surface area contributed by atoms with Crippen LogP contribution in [0.1, 0.15) is 31.7 Å². The zero-order chi connectivity index (χ0) is 23.8. The van der Waals surface area contributed by atoms with Crippen LogP contribution in [0.25, 0.3) is 0 Å². The Bertz CT molecular complexity index is 986. The number of hydrogen-bond donors (Lipinski definition) is 2. The van der Waals surface area contributed by atoms with Gasteiger partial charge < -0.3 is 10.4 Å². The molecule has 174 valence electrons. The largest absolute Gasteiger partial charge is 0.481 e. The molecule has 0 spiro atoms. The summed E-state index contributed by atoms with van der Waals surface area (Å²) >= 11 is 11.9. The number of alkyl halides is 3. The molecule has 0 aromatic heterocycles. The van der Waals surface area contributed by atoms with E-state index in [9.17, 15) is 27.9 Å². The van der Waals surface area contributed by atoms with Crippen LogP contribution in [0, 0.1) is 29.0 Å². The molecule has 3 atom stereocenters. The molecular weight excluding hydrogens is 473 g/mol. The van der Waals surface area contributed by atoms with Crippen molar-refractivity contribution in [2.24, 2.45) is 23.2 Å². The van der Waals surface area contributed by atoms with Crippen molar-refractivity contribution in [3.05, 3.63) is 51.8 Å². The lowest BCUT2D eigenvalue weighted by Crippen LogP contribution is -2.40. The molecule has 2 N–H and O–H groups in total. The van der Waals surface area contributed by atoms with Gasteiger partial charge in [0.25, 0.3) is 0 Å². The number of anilines is 1. The standard InChI is InChI=1S/C22H21Cl2F4NO3/c1-11(22(26,27)28)17(12-2-4-13(23)5-3-12)19(30)29-16-7-6-15(24)14(18(16)25)10-21(8-9-21)20(31)32/h2,4-7,11-12,17H,3,8-10H2,1H3,(H,29,30)(H,31,32)/t11-,12?,17+/m1/s1. The molecule has 0 aliphatic heterocycles. The van der Waals surface area contributed by atoms with Crippen molar-refractivity contribution in [1.29, 1.82) is 0 Å². The molecule has 2 aliphatic rings. The summed E-state index contributed by atoms with van der Waals surface area (Å²) in [5.74, 6) is -7.33. The van der Waals surface area contributed by atoms with Gasteiger partial charge in [0.15, 0.2) is 5.82 Å². The molecule has 0 bridgehead atoms. The van der Waals surface area contributed by atoms with Crippen molar-refractivity contribution in [1.82, 2.24) is 0 Å². The summed E-state index contributed by atoms with van der Waals surface area (Å²) in [7, 11) is 0. The van der Waals surface area contributed by atoms with Crippen LogP contribution in [0.15, 0.2) is 35.4 Å². The van der Waals surface area contributed by atoms with Gasteiger partial charge in [-0.2, -0.15) is 13.2 Å². The van der Waals surface area contributed by atoms with Crippen molar-refractivity contribution < 1.29 is 32.3 Å². The minimum absolute atomic E-state index is 0.0109. The zero-order valence-corrected chi connectivity index (χ0v) is 18.5. The molecule has 0 radical (unpaired) electrons. The number of carbonyl (C=O) groups excluding carboxylic acids is 1. The van der Waals surface area contributed by atoms with Crippen LogP contribution in [-0.4, -0.2) is 23.2 Å². The molecular formula is C22H21Cl2F4NO3. The second-order valence-electron chi connectivity index (χ2n) is 8.34. The summed E-state index contributed by atoms with van der Waals surface area (Å²) in [6, 6.07) is 2.45. The first-order valence-corrected chi connectivity index (χ1v) is 10.7. The van der Waals surface area contributed by atoms with Crippen LogP contribution < -0.4 is 5.32 Å². The fourth-order valence-electron chi connectivity index (χ4n) is 3.90. The second-order valence-corrected chi connectivity index (χ2v) is 9.19. The second kappa shape index (κ2) is 9.06. The number of amides is 1. The van der Waals surface area contributed by atoms with Gasteiger partial charge in [-0.25, -0.2) is 4.39 Å². The average molecular weight is 494 g/mol. The number of rotatable bonds is 7. The summed E-state index contributed by atoms with van der Waals surface area (Å²) in [5, 5.41) is 12.0. The quantitative estimate of drug-likeness (QED) is 0.435. The Hall–Kier alpha value is -2.06.